The lowest BCUT2D eigenvalue weighted by Crippen LogP contribution is -2.34. The van der Waals surface area contributed by atoms with Gasteiger partial charge in [0.05, 0.1) is 11.6 Å². The van der Waals surface area contributed by atoms with Crippen molar-refractivity contribution in [3.63, 3.8) is 0 Å². The van der Waals surface area contributed by atoms with Crippen LogP contribution in [-0.4, -0.2) is 28.9 Å². The van der Waals surface area contributed by atoms with Gasteiger partial charge in [-0.15, -0.1) is 0 Å². The number of rotatable bonds is 1. The number of hydrogen-bond acceptors (Lipinski definition) is 4. The lowest BCUT2D eigenvalue weighted by atomic mass is 9.82. The van der Waals surface area contributed by atoms with E-state index < -0.39 is 0 Å². The van der Waals surface area contributed by atoms with Gasteiger partial charge >= 0.3 is 0 Å². The maximum atomic E-state index is 5.58. The molecule has 0 spiro atoms. The zero-order valence-electron chi connectivity index (χ0n) is 8.84. The van der Waals surface area contributed by atoms with Crippen LogP contribution in [0.5, 0.6) is 0 Å². The van der Waals surface area contributed by atoms with E-state index >= 15 is 0 Å². The van der Waals surface area contributed by atoms with E-state index in [2.05, 4.69) is 15.5 Å². The van der Waals surface area contributed by atoms with Gasteiger partial charge in [0.15, 0.2) is 6.10 Å². The summed E-state index contributed by atoms with van der Waals surface area (Å²) in [4.78, 5) is 9.62. The lowest BCUT2D eigenvalue weighted by Gasteiger charge is -2.21. The van der Waals surface area contributed by atoms with Crippen molar-refractivity contribution in [1.29, 1.82) is 0 Å². The van der Waals surface area contributed by atoms with E-state index in [1.807, 2.05) is 24.5 Å². The van der Waals surface area contributed by atoms with E-state index in [0.29, 0.717) is 18.0 Å². The lowest BCUT2D eigenvalue weighted by molar-refractivity contribution is 0.0505. The molecule has 0 radical (unpaired) electrons. The fraction of sp³-hybridized carbons (Fsp3) is 0.500. The molecule has 0 saturated carbocycles. The molecule has 4 heterocycles. The Morgan fingerprint density at radius 1 is 1.19 bits per heavy atom. The average Bonchev–Trinajstić information content (AvgIpc) is 3.03. The van der Waals surface area contributed by atoms with Gasteiger partial charge in [0.1, 0.15) is 0 Å². The first kappa shape index (κ1) is 8.70. The summed E-state index contributed by atoms with van der Waals surface area (Å²) >= 11 is 0. The molecule has 16 heavy (non-hydrogen) atoms. The molecule has 1 aromatic rings. The van der Waals surface area contributed by atoms with Crippen LogP contribution in [0.15, 0.2) is 29.7 Å². The van der Waals surface area contributed by atoms with Gasteiger partial charge in [-0.25, -0.2) is 0 Å². The van der Waals surface area contributed by atoms with Crippen molar-refractivity contribution in [2.45, 2.75) is 31.0 Å². The van der Waals surface area contributed by atoms with Gasteiger partial charge in [0.2, 0.25) is 0 Å². The van der Waals surface area contributed by atoms with E-state index in [0.717, 1.165) is 11.3 Å². The van der Waals surface area contributed by atoms with Gasteiger partial charge in [-0.3, -0.25) is 4.98 Å². The first-order valence-corrected chi connectivity index (χ1v) is 5.83. The van der Waals surface area contributed by atoms with Crippen LogP contribution in [0.4, 0.5) is 0 Å². The van der Waals surface area contributed by atoms with Gasteiger partial charge in [-0.05, 0) is 25.0 Å². The molecule has 2 saturated heterocycles. The Hall–Kier alpha value is -1.42. The number of oxime groups is 1. The molecule has 4 nitrogen and oxygen atoms in total. The Balaban J connectivity index is 1.72. The molecule has 4 rings (SSSR count). The summed E-state index contributed by atoms with van der Waals surface area (Å²) in [5.41, 5.74) is 2.25. The number of nitrogens with one attached hydrogen (secondary N) is 1. The Kier molecular flexibility index (Phi) is 1.65. The zero-order valence-corrected chi connectivity index (χ0v) is 8.84. The molecule has 0 aliphatic carbocycles. The third-order valence-corrected chi connectivity index (χ3v) is 3.97. The summed E-state index contributed by atoms with van der Waals surface area (Å²) in [6.07, 6.45) is 6.36. The van der Waals surface area contributed by atoms with E-state index in [1.54, 1.807) is 0 Å². The van der Waals surface area contributed by atoms with Crippen LogP contribution in [0.1, 0.15) is 18.4 Å². The van der Waals surface area contributed by atoms with Gasteiger partial charge < -0.3 is 10.2 Å². The van der Waals surface area contributed by atoms with Crippen LogP contribution in [0.25, 0.3) is 0 Å². The predicted molar refractivity (Wildman–Crippen MR) is 59.1 cm³/mol. The Morgan fingerprint density at radius 2 is 2.00 bits per heavy atom. The molecule has 1 aromatic heterocycles. The second-order valence-corrected chi connectivity index (χ2v) is 4.77. The van der Waals surface area contributed by atoms with Gasteiger partial charge in [0.25, 0.3) is 0 Å². The van der Waals surface area contributed by atoms with E-state index in [1.165, 1.54) is 12.8 Å². The summed E-state index contributed by atoms with van der Waals surface area (Å²) < 4.78 is 0. The van der Waals surface area contributed by atoms with E-state index in [-0.39, 0.29) is 6.10 Å². The molecular weight excluding hydrogens is 202 g/mol. The Labute approximate surface area is 93.7 Å². The highest BCUT2D eigenvalue weighted by atomic mass is 16.6. The normalized spacial score (nSPS) is 39.4. The molecule has 4 unspecified atom stereocenters. The van der Waals surface area contributed by atoms with Crippen molar-refractivity contribution in [1.82, 2.24) is 10.3 Å². The quantitative estimate of drug-likeness (QED) is 0.758. The third kappa shape index (κ3) is 1.02. The summed E-state index contributed by atoms with van der Waals surface area (Å²) in [6, 6.07) is 5.09. The first-order chi connectivity index (χ1) is 7.93. The molecule has 2 fully saturated rings. The van der Waals surface area contributed by atoms with Crippen molar-refractivity contribution in [3.8, 4) is 0 Å². The topological polar surface area (TPSA) is 46.5 Å². The Morgan fingerprint density at radius 3 is 2.88 bits per heavy atom. The van der Waals surface area contributed by atoms with Crippen molar-refractivity contribution in [2.24, 2.45) is 11.1 Å². The summed E-state index contributed by atoms with van der Waals surface area (Å²) in [5.74, 6) is 0.446. The number of hydrogen-bond donors (Lipinski definition) is 1. The Bertz CT molecular complexity index is 445. The molecule has 3 aliphatic heterocycles. The SMILES string of the molecule is c1cc(C2=NOC3C4CCC(N4)C23)ccn1. The van der Waals surface area contributed by atoms with Crippen LogP contribution in [0.3, 0.4) is 0 Å². The van der Waals surface area contributed by atoms with Crippen molar-refractivity contribution in [3.05, 3.63) is 30.1 Å². The number of nitrogens with zero attached hydrogens (tertiary/aromatic N) is 2. The molecule has 1 N–H and O–H groups in total. The molecule has 82 valence electrons. The minimum Gasteiger partial charge on any atom is -0.390 e. The average molecular weight is 215 g/mol. The molecule has 3 aliphatic rings. The van der Waals surface area contributed by atoms with Gasteiger partial charge in [-0.2, -0.15) is 0 Å². The molecular formula is C12H13N3O. The highest BCUT2D eigenvalue weighted by molar-refractivity contribution is 6.03. The molecule has 2 bridgehead atoms. The minimum atomic E-state index is 0.266. The highest BCUT2D eigenvalue weighted by Crippen LogP contribution is 2.41. The second-order valence-electron chi connectivity index (χ2n) is 4.77. The fourth-order valence-corrected chi connectivity index (χ4v) is 3.25. The monoisotopic (exact) mass is 215 g/mol. The predicted octanol–water partition coefficient (Wildman–Crippen LogP) is 0.935. The molecule has 4 atom stereocenters. The summed E-state index contributed by atoms with van der Waals surface area (Å²) in [7, 11) is 0. The fourth-order valence-electron chi connectivity index (χ4n) is 3.25. The van der Waals surface area contributed by atoms with E-state index in [9.17, 15) is 0 Å². The van der Waals surface area contributed by atoms with Crippen LogP contribution >= 0.6 is 0 Å². The summed E-state index contributed by atoms with van der Waals surface area (Å²) in [5, 5.41) is 7.89. The number of aromatic nitrogens is 1. The molecule has 0 amide bonds. The first-order valence-electron chi connectivity index (χ1n) is 5.83. The van der Waals surface area contributed by atoms with Crippen molar-refractivity contribution >= 4 is 5.71 Å². The smallest absolute Gasteiger partial charge is 0.152 e. The summed E-state index contributed by atoms with van der Waals surface area (Å²) in [6.45, 7) is 0. The maximum absolute atomic E-state index is 5.58. The zero-order chi connectivity index (χ0) is 10.5. The van der Waals surface area contributed by atoms with Crippen LogP contribution in [0, 0.1) is 5.92 Å². The minimum absolute atomic E-state index is 0.266. The standard InChI is InChI=1S/C12H13N3O/c1-2-9-12-10(8(1)14-9)11(15-16-12)7-3-5-13-6-4-7/h3-6,8-10,12,14H,1-2H2. The van der Waals surface area contributed by atoms with Gasteiger partial charge in [-0.1, -0.05) is 5.16 Å². The van der Waals surface area contributed by atoms with Crippen molar-refractivity contribution < 1.29 is 4.84 Å². The number of pyridine rings is 1. The molecule has 4 heteroatoms. The largest absolute Gasteiger partial charge is 0.390 e. The van der Waals surface area contributed by atoms with Crippen LogP contribution in [0.2, 0.25) is 0 Å². The van der Waals surface area contributed by atoms with Crippen LogP contribution < -0.4 is 5.32 Å². The molecule has 0 aromatic carbocycles. The third-order valence-electron chi connectivity index (χ3n) is 3.97. The maximum Gasteiger partial charge on any atom is 0.152 e. The van der Waals surface area contributed by atoms with Gasteiger partial charge in [0, 0.05) is 30.0 Å². The van der Waals surface area contributed by atoms with Crippen LogP contribution in [-0.2, 0) is 4.84 Å². The second kappa shape index (κ2) is 3.04. The van der Waals surface area contributed by atoms with Crippen molar-refractivity contribution in [2.75, 3.05) is 0 Å². The van der Waals surface area contributed by atoms with E-state index in [4.69, 9.17) is 4.84 Å². The highest BCUT2D eigenvalue weighted by Gasteiger charge is 2.54. The number of fused-ring (bicyclic) bond motifs is 5.